The van der Waals surface area contributed by atoms with Crippen molar-refractivity contribution in [1.29, 1.82) is 0 Å². The van der Waals surface area contributed by atoms with Crippen LogP contribution in [-0.2, 0) is 4.79 Å². The summed E-state index contributed by atoms with van der Waals surface area (Å²) in [6.45, 7) is 4.40. The molecule has 1 aliphatic heterocycles. The number of nitrogens with zero attached hydrogens (tertiary/aromatic N) is 2. The lowest BCUT2D eigenvalue weighted by atomic mass is 9.88. The van der Waals surface area contributed by atoms with Crippen LogP contribution >= 0.6 is 0 Å². The summed E-state index contributed by atoms with van der Waals surface area (Å²) in [6.07, 6.45) is 5.71. The third-order valence-corrected chi connectivity index (χ3v) is 4.23. The van der Waals surface area contributed by atoms with Gasteiger partial charge >= 0.3 is 0 Å². The number of aliphatic imine (C=N–C) groups is 1. The van der Waals surface area contributed by atoms with Crippen LogP contribution in [0.5, 0.6) is 0 Å². The number of carbonyl (C=O) groups is 1. The molecule has 0 aromatic carbocycles. The van der Waals surface area contributed by atoms with E-state index in [1.807, 2.05) is 4.90 Å². The van der Waals surface area contributed by atoms with Crippen LogP contribution in [0.3, 0.4) is 0 Å². The van der Waals surface area contributed by atoms with Crippen LogP contribution in [0.15, 0.2) is 16.3 Å². The summed E-state index contributed by atoms with van der Waals surface area (Å²) in [6, 6.07) is 0. The van der Waals surface area contributed by atoms with Gasteiger partial charge in [0.05, 0.1) is 6.10 Å². The molecule has 1 atom stereocenters. The molecule has 1 amide bonds. The normalized spacial score (nSPS) is 27.8. The number of nitrogens with two attached hydrogens (primary N) is 1. The number of piperidine rings is 1. The van der Waals surface area contributed by atoms with Gasteiger partial charge in [-0.25, -0.2) is 0 Å². The van der Waals surface area contributed by atoms with Gasteiger partial charge < -0.3 is 15.7 Å². The molecule has 118 valence electrons. The molecular formula is C16H27N3O2. The van der Waals surface area contributed by atoms with E-state index in [4.69, 9.17) is 5.73 Å². The first-order valence-electron chi connectivity index (χ1n) is 8.13. The second-order valence-electron chi connectivity index (χ2n) is 5.97. The number of aliphatic hydroxyl groups excluding tert-OH is 1. The molecule has 2 aliphatic rings. The number of aliphatic hydroxyl groups is 1. The number of hydrogen-bond donors (Lipinski definition) is 2. The van der Waals surface area contributed by atoms with Gasteiger partial charge in [0.25, 0.3) is 5.91 Å². The van der Waals surface area contributed by atoms with E-state index in [0.29, 0.717) is 25.0 Å². The Morgan fingerprint density at radius 3 is 2.76 bits per heavy atom. The predicted molar refractivity (Wildman–Crippen MR) is 84.1 cm³/mol. The summed E-state index contributed by atoms with van der Waals surface area (Å²) in [5.41, 5.74) is 8.14. The van der Waals surface area contributed by atoms with Crippen molar-refractivity contribution in [1.82, 2.24) is 4.90 Å². The maximum Gasteiger partial charge on any atom is 0.270 e. The van der Waals surface area contributed by atoms with E-state index in [1.165, 1.54) is 6.42 Å². The van der Waals surface area contributed by atoms with Crippen molar-refractivity contribution in [3.8, 4) is 0 Å². The molecule has 1 aliphatic carbocycles. The molecule has 5 nitrogen and oxygen atoms in total. The number of hydrogen-bond acceptors (Lipinski definition) is 4. The average molecular weight is 293 g/mol. The van der Waals surface area contributed by atoms with Crippen molar-refractivity contribution in [2.45, 2.75) is 58.0 Å². The molecule has 1 saturated heterocycles. The topological polar surface area (TPSA) is 78.9 Å². The molecule has 1 heterocycles. The van der Waals surface area contributed by atoms with Crippen LogP contribution in [0.25, 0.3) is 0 Å². The zero-order valence-corrected chi connectivity index (χ0v) is 13.0. The second-order valence-corrected chi connectivity index (χ2v) is 5.97. The van der Waals surface area contributed by atoms with Gasteiger partial charge in [-0.1, -0.05) is 6.92 Å². The molecule has 3 N–H and O–H groups in total. The van der Waals surface area contributed by atoms with E-state index in [-0.39, 0.29) is 5.91 Å². The van der Waals surface area contributed by atoms with Crippen LogP contribution in [0.1, 0.15) is 51.9 Å². The number of amides is 1. The third kappa shape index (κ3) is 4.06. The van der Waals surface area contributed by atoms with Crippen molar-refractivity contribution in [2.75, 3.05) is 19.6 Å². The van der Waals surface area contributed by atoms with Gasteiger partial charge in [0.15, 0.2) is 0 Å². The Balaban J connectivity index is 2.20. The van der Waals surface area contributed by atoms with Crippen LogP contribution < -0.4 is 5.73 Å². The quantitative estimate of drug-likeness (QED) is 0.776. The van der Waals surface area contributed by atoms with Gasteiger partial charge in [-0.05, 0) is 38.5 Å². The zero-order valence-electron chi connectivity index (χ0n) is 13.0. The highest BCUT2D eigenvalue weighted by atomic mass is 16.3. The SMILES string of the molecule is CCCN=C1CCC(O)CC1=C(N)C(=O)N1CCCCC1. The van der Waals surface area contributed by atoms with Crippen LogP contribution in [0, 0.1) is 0 Å². The molecule has 0 aromatic heterocycles. The van der Waals surface area contributed by atoms with Crippen molar-refractivity contribution >= 4 is 11.6 Å². The standard InChI is InChI=1S/C16H27N3O2/c1-2-8-18-14-7-6-12(20)11-13(14)15(17)16(21)19-9-4-3-5-10-19/h12,20H,2-11,17H2,1H3. The van der Waals surface area contributed by atoms with E-state index < -0.39 is 6.10 Å². The summed E-state index contributed by atoms with van der Waals surface area (Å²) in [5, 5.41) is 9.89. The van der Waals surface area contributed by atoms with Crippen LogP contribution in [0.2, 0.25) is 0 Å². The number of carbonyl (C=O) groups excluding carboxylic acids is 1. The lowest BCUT2D eigenvalue weighted by Crippen LogP contribution is -2.40. The van der Waals surface area contributed by atoms with Gasteiger partial charge in [0, 0.05) is 37.3 Å². The van der Waals surface area contributed by atoms with E-state index in [2.05, 4.69) is 11.9 Å². The monoisotopic (exact) mass is 293 g/mol. The molecule has 0 bridgehead atoms. The van der Waals surface area contributed by atoms with Gasteiger partial charge in [-0.3, -0.25) is 9.79 Å². The van der Waals surface area contributed by atoms with Crippen LogP contribution in [0.4, 0.5) is 0 Å². The fraction of sp³-hybridized carbons (Fsp3) is 0.750. The van der Waals surface area contributed by atoms with E-state index in [9.17, 15) is 9.90 Å². The Kier molecular flexibility index (Phi) is 5.79. The summed E-state index contributed by atoms with van der Waals surface area (Å²) in [7, 11) is 0. The minimum Gasteiger partial charge on any atom is -0.394 e. The Morgan fingerprint density at radius 2 is 2.10 bits per heavy atom. The Hall–Kier alpha value is -1.36. The molecule has 21 heavy (non-hydrogen) atoms. The molecule has 1 saturated carbocycles. The van der Waals surface area contributed by atoms with Gasteiger partial charge in [0.2, 0.25) is 0 Å². The third-order valence-electron chi connectivity index (χ3n) is 4.23. The lowest BCUT2D eigenvalue weighted by Gasteiger charge is -2.29. The predicted octanol–water partition coefficient (Wildman–Crippen LogP) is 1.61. The van der Waals surface area contributed by atoms with E-state index in [1.54, 1.807) is 0 Å². The summed E-state index contributed by atoms with van der Waals surface area (Å²) in [5.74, 6) is -0.0806. The molecule has 2 rings (SSSR count). The van der Waals surface area contributed by atoms with E-state index in [0.717, 1.165) is 50.2 Å². The van der Waals surface area contributed by atoms with Gasteiger partial charge in [-0.15, -0.1) is 0 Å². The first-order chi connectivity index (χ1) is 10.1. The van der Waals surface area contributed by atoms with Crippen molar-refractivity contribution < 1.29 is 9.90 Å². The van der Waals surface area contributed by atoms with Crippen molar-refractivity contribution in [2.24, 2.45) is 10.7 Å². The Morgan fingerprint density at radius 1 is 1.38 bits per heavy atom. The molecule has 0 aromatic rings. The summed E-state index contributed by atoms with van der Waals surface area (Å²) >= 11 is 0. The highest BCUT2D eigenvalue weighted by molar-refractivity contribution is 6.08. The molecule has 0 spiro atoms. The van der Waals surface area contributed by atoms with Gasteiger partial charge in [0.1, 0.15) is 5.70 Å². The minimum absolute atomic E-state index is 0.0806. The van der Waals surface area contributed by atoms with Crippen LogP contribution in [-0.4, -0.2) is 47.4 Å². The van der Waals surface area contributed by atoms with Crippen molar-refractivity contribution in [3.05, 3.63) is 11.3 Å². The molecule has 5 heteroatoms. The Labute approximate surface area is 126 Å². The number of likely N-dealkylation sites (tertiary alicyclic amines) is 1. The second kappa shape index (κ2) is 7.59. The average Bonchev–Trinajstić information content (AvgIpc) is 2.53. The largest absolute Gasteiger partial charge is 0.394 e. The fourth-order valence-electron chi connectivity index (χ4n) is 2.99. The molecular weight excluding hydrogens is 266 g/mol. The first kappa shape index (κ1) is 16.0. The maximum atomic E-state index is 12.5. The molecule has 1 unspecified atom stereocenters. The highest BCUT2D eigenvalue weighted by Crippen LogP contribution is 2.24. The fourth-order valence-corrected chi connectivity index (χ4v) is 2.99. The lowest BCUT2D eigenvalue weighted by molar-refractivity contribution is -0.128. The first-order valence-corrected chi connectivity index (χ1v) is 8.13. The van der Waals surface area contributed by atoms with Gasteiger partial charge in [-0.2, -0.15) is 0 Å². The summed E-state index contributed by atoms with van der Waals surface area (Å²) < 4.78 is 0. The Bertz CT molecular complexity index is 437. The van der Waals surface area contributed by atoms with Crippen molar-refractivity contribution in [3.63, 3.8) is 0 Å². The molecule has 0 radical (unpaired) electrons. The highest BCUT2D eigenvalue weighted by Gasteiger charge is 2.27. The zero-order chi connectivity index (χ0) is 15.2. The maximum absolute atomic E-state index is 12.5. The van der Waals surface area contributed by atoms with E-state index >= 15 is 0 Å². The molecule has 2 fully saturated rings. The number of rotatable bonds is 3. The smallest absolute Gasteiger partial charge is 0.270 e. The summed E-state index contributed by atoms with van der Waals surface area (Å²) in [4.78, 5) is 18.9. The minimum atomic E-state index is -0.409.